The number of nitrogens with one attached hydrogen (secondary N) is 1. The summed E-state index contributed by atoms with van der Waals surface area (Å²) >= 11 is 0. The van der Waals surface area contributed by atoms with Crippen LogP contribution in [0.25, 0.3) is 0 Å². The molecule has 0 spiro atoms. The Labute approximate surface area is 225 Å². The van der Waals surface area contributed by atoms with Gasteiger partial charge in [-0.25, -0.2) is 18.0 Å². The second-order valence-corrected chi connectivity index (χ2v) is 18.4. The molecule has 2 aromatic carbocycles. The average molecular weight is 565 g/mol. The third-order valence-electron chi connectivity index (χ3n) is 5.20. The van der Waals surface area contributed by atoms with Crippen LogP contribution in [0.3, 0.4) is 0 Å². The smallest absolute Gasteiger partial charge is 0.337 e. The summed E-state index contributed by atoms with van der Waals surface area (Å²) in [4.78, 5) is 17.4. The van der Waals surface area contributed by atoms with E-state index >= 15 is 4.39 Å². The Bertz CT molecular complexity index is 1260. The summed E-state index contributed by atoms with van der Waals surface area (Å²) in [6, 6.07) is 4.87. The number of halogens is 3. The highest BCUT2D eigenvalue weighted by molar-refractivity contribution is 6.83. The minimum Gasteiger partial charge on any atom is -0.478 e. The quantitative estimate of drug-likeness (QED) is 0.156. The number of hydrogen-bond acceptors (Lipinski definition) is 5. The monoisotopic (exact) mass is 564 g/mol. The Morgan fingerprint density at radius 3 is 2.37 bits per heavy atom. The summed E-state index contributed by atoms with van der Waals surface area (Å²) in [6.07, 6.45) is 0.440. The number of oxime groups is 1. The number of nitrogens with zero attached hydrogens (tertiary/aromatic N) is 1. The summed E-state index contributed by atoms with van der Waals surface area (Å²) in [5.74, 6) is -2.27. The van der Waals surface area contributed by atoms with E-state index in [0.29, 0.717) is 5.56 Å². The first-order valence-corrected chi connectivity index (χ1v) is 18.4. The van der Waals surface area contributed by atoms with Crippen molar-refractivity contribution in [2.24, 2.45) is 10.6 Å². The predicted octanol–water partition coefficient (Wildman–Crippen LogP) is 6.54. The Balaban J connectivity index is 2.37. The fourth-order valence-electron chi connectivity index (χ4n) is 3.00. The van der Waals surface area contributed by atoms with Gasteiger partial charge < -0.3 is 19.7 Å². The van der Waals surface area contributed by atoms with Crippen molar-refractivity contribution in [1.29, 1.82) is 0 Å². The lowest BCUT2D eigenvalue weighted by Gasteiger charge is -2.28. The lowest BCUT2D eigenvalue weighted by molar-refractivity contribution is -0.0412. The number of carboxylic acid groups (broad SMARTS) is 1. The normalized spacial score (nSPS) is 12.8. The fraction of sp³-hybridized carbons (Fsp3) is 0.407. The topological polar surface area (TPSA) is 80.2 Å². The second kappa shape index (κ2) is 12.6. The Kier molecular flexibility index (Phi) is 10.4. The van der Waals surface area contributed by atoms with E-state index in [-0.39, 0.29) is 17.7 Å². The van der Waals surface area contributed by atoms with E-state index in [1.54, 1.807) is 0 Å². The Morgan fingerprint density at radius 2 is 1.84 bits per heavy atom. The number of hydrogen-bond donors (Lipinski definition) is 2. The van der Waals surface area contributed by atoms with Gasteiger partial charge in [-0.1, -0.05) is 51.5 Å². The van der Waals surface area contributed by atoms with Crippen molar-refractivity contribution >= 4 is 40.7 Å². The zero-order valence-electron chi connectivity index (χ0n) is 23.0. The van der Waals surface area contributed by atoms with Crippen LogP contribution in [0.15, 0.2) is 29.4 Å². The summed E-state index contributed by atoms with van der Waals surface area (Å²) < 4.78 is 50.4. The first kappa shape index (κ1) is 31.1. The van der Waals surface area contributed by atoms with Gasteiger partial charge in [0.1, 0.15) is 13.9 Å². The van der Waals surface area contributed by atoms with E-state index in [1.807, 2.05) is 53.5 Å². The molecule has 0 aliphatic heterocycles. The van der Waals surface area contributed by atoms with Crippen LogP contribution >= 0.6 is 0 Å². The first-order chi connectivity index (χ1) is 17.5. The number of benzene rings is 2. The summed E-state index contributed by atoms with van der Waals surface area (Å²) in [6.45, 7) is 16.2. The van der Waals surface area contributed by atoms with Crippen LogP contribution in [0, 0.1) is 34.3 Å². The molecule has 1 unspecified atom stereocenters. The van der Waals surface area contributed by atoms with Gasteiger partial charge in [0.25, 0.3) is 0 Å². The van der Waals surface area contributed by atoms with Gasteiger partial charge >= 0.3 is 5.97 Å². The molecule has 0 aromatic heterocycles. The van der Waals surface area contributed by atoms with Crippen molar-refractivity contribution in [1.82, 2.24) is 0 Å². The number of carboxylic acids is 1. The molecule has 206 valence electrons. The van der Waals surface area contributed by atoms with Crippen LogP contribution in [0.4, 0.5) is 24.5 Å². The molecule has 1 atom stereocenters. The number of rotatable bonds is 9. The van der Waals surface area contributed by atoms with E-state index in [0.717, 1.165) is 18.3 Å². The lowest BCUT2D eigenvalue weighted by atomic mass is 9.90. The molecule has 0 fully saturated rings. The second-order valence-electron chi connectivity index (χ2n) is 11.2. The molecule has 0 saturated heterocycles. The van der Waals surface area contributed by atoms with Gasteiger partial charge in [0.05, 0.1) is 29.8 Å². The maximum atomic E-state index is 15.1. The molecule has 0 heterocycles. The predicted molar refractivity (Wildman–Crippen MR) is 150 cm³/mol. The van der Waals surface area contributed by atoms with E-state index in [2.05, 4.69) is 21.9 Å². The average Bonchev–Trinajstić information content (AvgIpc) is 2.78. The highest BCUT2D eigenvalue weighted by Crippen LogP contribution is 2.30. The molecular weight excluding hydrogens is 529 g/mol. The maximum absolute atomic E-state index is 15.1. The van der Waals surface area contributed by atoms with Crippen LogP contribution in [-0.4, -0.2) is 47.1 Å². The van der Waals surface area contributed by atoms with Gasteiger partial charge in [-0.2, -0.15) is 0 Å². The van der Waals surface area contributed by atoms with Crippen molar-refractivity contribution in [3.8, 4) is 11.5 Å². The minimum atomic E-state index is -1.69. The molecule has 0 radical (unpaired) electrons. The summed E-state index contributed by atoms with van der Waals surface area (Å²) in [7, 11) is -3.01. The highest BCUT2D eigenvalue weighted by Gasteiger charge is 2.28. The molecule has 2 N–H and O–H groups in total. The molecule has 2 rings (SSSR count). The van der Waals surface area contributed by atoms with Crippen LogP contribution in [0.5, 0.6) is 0 Å². The van der Waals surface area contributed by atoms with Gasteiger partial charge in [0.15, 0.2) is 26.8 Å². The van der Waals surface area contributed by atoms with Crippen molar-refractivity contribution in [2.75, 3.05) is 11.9 Å². The largest absolute Gasteiger partial charge is 0.478 e. The third kappa shape index (κ3) is 9.04. The number of aromatic carboxylic acids is 1. The van der Waals surface area contributed by atoms with Crippen molar-refractivity contribution in [3.05, 3.63) is 58.4 Å². The van der Waals surface area contributed by atoms with Crippen molar-refractivity contribution < 1.29 is 32.3 Å². The molecular formula is C27H35F3N2O4Si2. The van der Waals surface area contributed by atoms with Crippen LogP contribution in [-0.2, 0) is 9.26 Å². The molecule has 6 nitrogen and oxygen atoms in total. The van der Waals surface area contributed by atoms with Gasteiger partial charge in [-0.15, -0.1) is 5.54 Å². The SMILES string of the molecule is C[SiH](C)OCC(ON=Cc1cc(C(=O)O)c(Nc2ccc(C#C[Si](C)(C)C)cc2F)c(F)c1F)C(C)(C)C. The molecule has 0 amide bonds. The van der Waals surface area contributed by atoms with E-state index in [4.69, 9.17) is 9.26 Å². The van der Waals surface area contributed by atoms with Crippen LogP contribution in [0.2, 0.25) is 32.7 Å². The van der Waals surface area contributed by atoms with Crippen molar-refractivity contribution in [2.45, 2.75) is 59.6 Å². The molecule has 0 saturated carbocycles. The molecule has 38 heavy (non-hydrogen) atoms. The maximum Gasteiger partial charge on any atom is 0.337 e. The third-order valence-corrected chi connectivity index (χ3v) is 6.94. The highest BCUT2D eigenvalue weighted by atomic mass is 28.3. The summed E-state index contributed by atoms with van der Waals surface area (Å²) in [5.41, 5.74) is 1.20. The van der Waals surface area contributed by atoms with E-state index in [1.165, 1.54) is 12.1 Å². The van der Waals surface area contributed by atoms with Gasteiger partial charge in [-0.05, 0) is 37.4 Å². The van der Waals surface area contributed by atoms with E-state index in [9.17, 15) is 18.7 Å². The summed E-state index contributed by atoms with van der Waals surface area (Å²) in [5, 5.41) is 15.8. The molecule has 0 bridgehead atoms. The van der Waals surface area contributed by atoms with Gasteiger partial charge in [0, 0.05) is 16.5 Å². The zero-order valence-corrected chi connectivity index (χ0v) is 25.2. The van der Waals surface area contributed by atoms with Gasteiger partial charge in [-0.3, -0.25) is 0 Å². The first-order valence-electron chi connectivity index (χ1n) is 12.2. The van der Waals surface area contributed by atoms with Crippen molar-refractivity contribution in [3.63, 3.8) is 0 Å². The minimum absolute atomic E-state index is 0.226. The van der Waals surface area contributed by atoms with Crippen LogP contribution in [0.1, 0.15) is 42.3 Å². The fourth-order valence-corrected chi connectivity index (χ4v) is 4.08. The molecule has 11 heteroatoms. The Hall–Kier alpha value is -3.08. The number of anilines is 2. The van der Waals surface area contributed by atoms with Crippen LogP contribution < -0.4 is 5.32 Å². The standard InChI is InChI=1S/C27H35F3N2O4Si2/c1-27(2,3)22(16-35-37(4)5)36-31-15-18-14-19(26(33)34)25(24(30)23(18)29)32-21-10-9-17(13-20(21)28)11-12-38(6,7)8/h9-10,13-15,22,32,37H,16H2,1-8H3,(H,33,34). The van der Waals surface area contributed by atoms with Gasteiger partial charge in [0.2, 0.25) is 0 Å². The molecule has 0 aliphatic rings. The number of carbonyl (C=O) groups is 1. The zero-order chi connectivity index (χ0) is 28.8. The molecule has 0 aliphatic carbocycles. The lowest BCUT2D eigenvalue weighted by Crippen LogP contribution is -2.34. The molecule has 2 aromatic rings. The van der Waals surface area contributed by atoms with E-state index < -0.39 is 63.5 Å². The Morgan fingerprint density at radius 1 is 1.18 bits per heavy atom.